The highest BCUT2D eigenvalue weighted by molar-refractivity contribution is 6.04. The van der Waals surface area contributed by atoms with Crippen molar-refractivity contribution >= 4 is 23.2 Å². The first-order chi connectivity index (χ1) is 18.4. The van der Waals surface area contributed by atoms with Crippen molar-refractivity contribution in [3.05, 3.63) is 47.2 Å². The largest absolute Gasteiger partial charge is 0.496 e. The molecule has 2 aromatic rings. The number of hydrogen-bond donors (Lipinski definition) is 0. The number of methoxy groups -OCH3 is 1. The number of aromatic nitrogens is 1. The first-order valence-corrected chi connectivity index (χ1v) is 14.3. The smallest absolute Gasteiger partial charge is 0.249 e. The lowest BCUT2D eigenvalue weighted by molar-refractivity contribution is -0.120. The summed E-state index contributed by atoms with van der Waals surface area (Å²) < 4.78 is 5.74. The number of benzene rings is 1. The topological polar surface area (TPSA) is 66.0 Å². The highest BCUT2D eigenvalue weighted by Crippen LogP contribution is 2.40. The second-order valence-electron chi connectivity index (χ2n) is 11.4. The van der Waals surface area contributed by atoms with Gasteiger partial charge in [-0.25, -0.2) is 4.98 Å². The number of nitrogens with zero attached hydrogens (tertiary/aromatic N) is 4. The molecule has 7 heteroatoms. The highest BCUT2D eigenvalue weighted by Gasteiger charge is 2.40. The molecule has 1 saturated carbocycles. The second-order valence-corrected chi connectivity index (χ2v) is 11.4. The number of hydrogen-bond acceptors (Lipinski definition) is 6. The SMILES string of the molecule is CC[C@@H]1C(=O)N(C)c2ccc(Cc3ccc(C(=O)CC4CCN(C)CC4)cc3OC)nc2N1C1CCCC1. The molecule has 1 atom stereocenters. The van der Waals surface area contributed by atoms with Crippen molar-refractivity contribution < 1.29 is 14.3 Å². The third-order valence-electron chi connectivity index (χ3n) is 8.87. The van der Waals surface area contributed by atoms with E-state index in [1.54, 1.807) is 12.0 Å². The fourth-order valence-electron chi connectivity index (χ4n) is 6.53. The Morgan fingerprint density at radius 3 is 2.47 bits per heavy atom. The summed E-state index contributed by atoms with van der Waals surface area (Å²) in [5.74, 6) is 2.46. The molecule has 38 heavy (non-hydrogen) atoms. The Kier molecular flexibility index (Phi) is 8.03. The van der Waals surface area contributed by atoms with E-state index in [9.17, 15) is 9.59 Å². The average Bonchev–Trinajstić information content (AvgIpc) is 3.46. The van der Waals surface area contributed by atoms with Crippen LogP contribution in [0.25, 0.3) is 0 Å². The van der Waals surface area contributed by atoms with Gasteiger partial charge in [0.25, 0.3) is 0 Å². The molecule has 0 radical (unpaired) electrons. The number of ether oxygens (including phenoxy) is 1. The molecule has 1 amide bonds. The predicted molar refractivity (Wildman–Crippen MR) is 151 cm³/mol. The summed E-state index contributed by atoms with van der Waals surface area (Å²) in [5.41, 5.74) is 3.56. The molecule has 0 N–H and O–H groups in total. The summed E-state index contributed by atoms with van der Waals surface area (Å²) in [4.78, 5) is 37.8. The monoisotopic (exact) mass is 518 g/mol. The number of carbonyl (C=O) groups is 2. The van der Waals surface area contributed by atoms with Gasteiger partial charge in [-0.3, -0.25) is 9.59 Å². The number of Topliss-reactive ketones (excluding diaryl/α,β-unsaturated/α-hetero) is 1. The van der Waals surface area contributed by atoms with E-state index in [0.717, 1.165) is 79.3 Å². The van der Waals surface area contributed by atoms with Gasteiger partial charge in [0.1, 0.15) is 11.8 Å². The van der Waals surface area contributed by atoms with E-state index in [0.29, 0.717) is 24.8 Å². The maximum atomic E-state index is 13.2. The van der Waals surface area contributed by atoms with E-state index >= 15 is 0 Å². The standard InChI is InChI=1S/C31H42N4O3/c1-5-26-31(37)34(3)27-13-12-24(32-30(27)35(26)25-8-6-7-9-25)19-23-11-10-22(20-29(23)38-4)28(36)18-21-14-16-33(2)17-15-21/h10-13,20-21,25-26H,5-9,14-19H2,1-4H3/t26-/m1/s1. The van der Waals surface area contributed by atoms with Crippen molar-refractivity contribution in [3.8, 4) is 5.75 Å². The molecule has 5 rings (SSSR count). The summed E-state index contributed by atoms with van der Waals surface area (Å²) in [6.07, 6.45) is 8.77. The molecule has 2 aliphatic heterocycles. The van der Waals surface area contributed by atoms with Crippen molar-refractivity contribution in [1.82, 2.24) is 9.88 Å². The lowest BCUT2D eigenvalue weighted by Crippen LogP contribution is -2.55. The van der Waals surface area contributed by atoms with E-state index in [2.05, 4.69) is 23.8 Å². The van der Waals surface area contributed by atoms with E-state index in [1.165, 1.54) is 12.8 Å². The van der Waals surface area contributed by atoms with E-state index < -0.39 is 0 Å². The zero-order chi connectivity index (χ0) is 26.8. The van der Waals surface area contributed by atoms with Gasteiger partial charge < -0.3 is 19.4 Å². The number of ketones is 1. The van der Waals surface area contributed by atoms with Crippen molar-refractivity contribution in [2.45, 2.75) is 76.8 Å². The Balaban J connectivity index is 1.38. The summed E-state index contributed by atoms with van der Waals surface area (Å²) in [6.45, 7) is 4.22. The molecule has 7 nitrogen and oxygen atoms in total. The summed E-state index contributed by atoms with van der Waals surface area (Å²) in [6, 6.07) is 10.1. The van der Waals surface area contributed by atoms with Crippen LogP contribution in [-0.4, -0.2) is 68.0 Å². The van der Waals surface area contributed by atoms with Crippen LogP contribution in [0.3, 0.4) is 0 Å². The van der Waals surface area contributed by atoms with Gasteiger partial charge in [-0.05, 0) is 76.4 Å². The van der Waals surface area contributed by atoms with Gasteiger partial charge in [0.05, 0.1) is 12.8 Å². The van der Waals surface area contributed by atoms with Crippen LogP contribution in [0.4, 0.5) is 11.5 Å². The van der Waals surface area contributed by atoms with Gasteiger partial charge in [-0.15, -0.1) is 0 Å². The van der Waals surface area contributed by atoms with Crippen molar-refractivity contribution in [2.75, 3.05) is 44.1 Å². The molecule has 1 aliphatic carbocycles. The number of piperidine rings is 1. The third-order valence-corrected chi connectivity index (χ3v) is 8.87. The number of rotatable bonds is 8. The van der Waals surface area contributed by atoms with Gasteiger partial charge in [0, 0.05) is 42.8 Å². The van der Waals surface area contributed by atoms with Gasteiger partial charge in [0.2, 0.25) is 5.91 Å². The average molecular weight is 519 g/mol. The zero-order valence-corrected chi connectivity index (χ0v) is 23.4. The van der Waals surface area contributed by atoms with Crippen LogP contribution in [-0.2, 0) is 11.2 Å². The van der Waals surface area contributed by atoms with E-state index in [-0.39, 0.29) is 17.7 Å². The maximum Gasteiger partial charge on any atom is 0.249 e. The molecule has 204 valence electrons. The molecule has 1 aromatic heterocycles. The lowest BCUT2D eigenvalue weighted by atomic mass is 9.89. The molecule has 1 aromatic carbocycles. The molecular formula is C31H42N4O3. The lowest BCUT2D eigenvalue weighted by Gasteiger charge is -2.43. The Morgan fingerprint density at radius 1 is 1.05 bits per heavy atom. The number of likely N-dealkylation sites (N-methyl/N-ethyl adjacent to an activating group) is 1. The number of pyridine rings is 1. The number of anilines is 2. The molecule has 0 spiro atoms. The highest BCUT2D eigenvalue weighted by atomic mass is 16.5. The van der Waals surface area contributed by atoms with Crippen LogP contribution in [0.5, 0.6) is 5.75 Å². The van der Waals surface area contributed by atoms with Gasteiger partial charge in [-0.2, -0.15) is 0 Å². The maximum absolute atomic E-state index is 13.2. The fourth-order valence-corrected chi connectivity index (χ4v) is 6.53. The number of carbonyl (C=O) groups excluding carboxylic acids is 2. The normalized spacial score (nSPS) is 21.2. The first-order valence-electron chi connectivity index (χ1n) is 14.3. The molecule has 2 fully saturated rings. The summed E-state index contributed by atoms with van der Waals surface area (Å²) in [5, 5.41) is 0. The van der Waals surface area contributed by atoms with Crippen LogP contribution in [0.15, 0.2) is 30.3 Å². The molecule has 3 heterocycles. The van der Waals surface area contributed by atoms with Crippen molar-refractivity contribution in [3.63, 3.8) is 0 Å². The Hall–Kier alpha value is -2.93. The van der Waals surface area contributed by atoms with Crippen molar-refractivity contribution in [2.24, 2.45) is 5.92 Å². The number of fused-ring (bicyclic) bond motifs is 1. The number of amides is 1. The minimum absolute atomic E-state index is 0.156. The van der Waals surface area contributed by atoms with Crippen LogP contribution >= 0.6 is 0 Å². The van der Waals surface area contributed by atoms with E-state index in [1.807, 2.05) is 37.4 Å². The van der Waals surface area contributed by atoms with Crippen LogP contribution < -0.4 is 14.5 Å². The Morgan fingerprint density at radius 2 is 1.79 bits per heavy atom. The quantitative estimate of drug-likeness (QED) is 0.453. The Bertz CT molecular complexity index is 1170. The molecular weight excluding hydrogens is 476 g/mol. The zero-order valence-electron chi connectivity index (χ0n) is 23.4. The first kappa shape index (κ1) is 26.7. The summed E-state index contributed by atoms with van der Waals surface area (Å²) >= 11 is 0. The van der Waals surface area contributed by atoms with Crippen LogP contribution in [0.1, 0.15) is 79.9 Å². The molecule has 0 bridgehead atoms. The van der Waals surface area contributed by atoms with Gasteiger partial charge in [0.15, 0.2) is 11.6 Å². The third kappa shape index (κ3) is 5.31. The van der Waals surface area contributed by atoms with Crippen molar-refractivity contribution in [1.29, 1.82) is 0 Å². The molecule has 1 saturated heterocycles. The minimum Gasteiger partial charge on any atom is -0.496 e. The fraction of sp³-hybridized carbons (Fsp3) is 0.581. The van der Waals surface area contributed by atoms with Crippen LogP contribution in [0.2, 0.25) is 0 Å². The Labute approximate surface area is 227 Å². The van der Waals surface area contributed by atoms with Crippen LogP contribution in [0, 0.1) is 5.92 Å². The predicted octanol–water partition coefficient (Wildman–Crippen LogP) is 5.10. The van der Waals surface area contributed by atoms with Gasteiger partial charge in [-0.1, -0.05) is 31.9 Å². The molecule has 0 unspecified atom stereocenters. The molecule has 3 aliphatic rings. The summed E-state index contributed by atoms with van der Waals surface area (Å²) in [7, 11) is 5.67. The minimum atomic E-state index is -0.164. The van der Waals surface area contributed by atoms with Gasteiger partial charge >= 0.3 is 0 Å². The second kappa shape index (κ2) is 11.4. The van der Waals surface area contributed by atoms with E-state index in [4.69, 9.17) is 9.72 Å². The number of likely N-dealkylation sites (tertiary alicyclic amines) is 1.